The first-order valence-electron chi connectivity index (χ1n) is 8.19. The molecule has 3 rings (SSSR count). The van der Waals surface area contributed by atoms with Gasteiger partial charge in [-0.1, -0.05) is 15.9 Å². The fraction of sp³-hybridized carbons (Fsp3) is 0.556. The maximum atomic E-state index is 12.9. The van der Waals surface area contributed by atoms with Crippen LogP contribution in [0.2, 0.25) is 0 Å². The van der Waals surface area contributed by atoms with Crippen LogP contribution >= 0.6 is 15.9 Å². The van der Waals surface area contributed by atoms with Gasteiger partial charge in [-0.25, -0.2) is 4.99 Å². The van der Waals surface area contributed by atoms with E-state index in [9.17, 15) is 4.79 Å². The van der Waals surface area contributed by atoms with Crippen molar-refractivity contribution in [2.75, 3.05) is 7.11 Å². The smallest absolute Gasteiger partial charge is 0.188 e. The Kier molecular flexibility index (Phi) is 4.47. The van der Waals surface area contributed by atoms with Crippen LogP contribution in [0.5, 0.6) is 5.75 Å². The molecule has 1 saturated carbocycles. The van der Waals surface area contributed by atoms with E-state index in [0.717, 1.165) is 22.9 Å². The second kappa shape index (κ2) is 6.15. The zero-order valence-corrected chi connectivity index (χ0v) is 15.9. The van der Waals surface area contributed by atoms with Gasteiger partial charge in [0.1, 0.15) is 11.4 Å². The van der Waals surface area contributed by atoms with Crippen LogP contribution in [-0.4, -0.2) is 30.4 Å². The summed E-state index contributed by atoms with van der Waals surface area (Å²) in [5.74, 6) is 1.06. The van der Waals surface area contributed by atoms with Crippen LogP contribution < -0.4 is 10.5 Å². The molecule has 1 aromatic rings. The number of methoxy groups -OCH3 is 1. The Morgan fingerprint density at radius 1 is 1.38 bits per heavy atom. The van der Waals surface area contributed by atoms with E-state index in [1.165, 1.54) is 0 Å². The minimum Gasteiger partial charge on any atom is -0.483 e. The zero-order valence-electron chi connectivity index (χ0n) is 14.3. The maximum absolute atomic E-state index is 12.9. The van der Waals surface area contributed by atoms with Gasteiger partial charge in [0.2, 0.25) is 0 Å². The van der Waals surface area contributed by atoms with E-state index in [1.54, 1.807) is 21.0 Å². The minimum absolute atomic E-state index is 0.0417. The van der Waals surface area contributed by atoms with Crippen LogP contribution in [0, 0.1) is 0 Å². The molecule has 130 valence electrons. The number of amidine groups is 1. The van der Waals surface area contributed by atoms with E-state index in [4.69, 9.17) is 15.2 Å². The van der Waals surface area contributed by atoms with Gasteiger partial charge < -0.3 is 15.2 Å². The van der Waals surface area contributed by atoms with Gasteiger partial charge in [0.05, 0.1) is 11.9 Å². The second-order valence-corrected chi connectivity index (χ2v) is 7.61. The summed E-state index contributed by atoms with van der Waals surface area (Å²) >= 11 is 3.50. The van der Waals surface area contributed by atoms with Gasteiger partial charge in [0.25, 0.3) is 0 Å². The third kappa shape index (κ3) is 2.47. The van der Waals surface area contributed by atoms with Crippen molar-refractivity contribution in [2.45, 2.75) is 56.8 Å². The van der Waals surface area contributed by atoms with Crippen molar-refractivity contribution in [1.29, 1.82) is 0 Å². The second-order valence-electron chi connectivity index (χ2n) is 6.69. The maximum Gasteiger partial charge on any atom is 0.188 e. The predicted octanol–water partition coefficient (Wildman–Crippen LogP) is 3.33. The number of aliphatic imine (C=N–C) groups is 1. The molecule has 0 saturated heterocycles. The molecular weight excluding hydrogens is 372 g/mol. The van der Waals surface area contributed by atoms with Crippen molar-refractivity contribution in [3.63, 3.8) is 0 Å². The molecule has 6 heteroatoms. The Labute approximate surface area is 150 Å². The molecule has 2 aliphatic rings. The van der Waals surface area contributed by atoms with Crippen molar-refractivity contribution < 1.29 is 14.3 Å². The highest BCUT2D eigenvalue weighted by Crippen LogP contribution is 2.57. The van der Waals surface area contributed by atoms with Gasteiger partial charge in [-0.15, -0.1) is 0 Å². The van der Waals surface area contributed by atoms with Crippen LogP contribution in [0.3, 0.4) is 0 Å². The molecule has 1 aliphatic heterocycles. The number of halogens is 1. The Balaban J connectivity index is 2.20. The number of carbonyl (C=O) groups excluding carboxylic acids is 1. The zero-order chi connectivity index (χ0) is 17.5. The lowest BCUT2D eigenvalue weighted by Crippen LogP contribution is -2.57. The molecule has 5 nitrogen and oxygen atoms in total. The monoisotopic (exact) mass is 394 g/mol. The minimum atomic E-state index is -1.09. The van der Waals surface area contributed by atoms with Gasteiger partial charge in [0, 0.05) is 17.1 Å². The molecule has 2 N–H and O–H groups in total. The van der Waals surface area contributed by atoms with Crippen LogP contribution in [-0.2, 0) is 15.1 Å². The van der Waals surface area contributed by atoms with Crippen molar-refractivity contribution in [3.8, 4) is 5.75 Å². The Morgan fingerprint density at radius 2 is 2.04 bits per heavy atom. The van der Waals surface area contributed by atoms with Crippen LogP contribution in [0.15, 0.2) is 27.7 Å². The molecule has 1 aliphatic carbocycles. The number of nitrogens with zero attached hydrogens (tertiary/aromatic N) is 1. The van der Waals surface area contributed by atoms with E-state index in [1.807, 2.05) is 18.2 Å². The largest absolute Gasteiger partial charge is 0.483 e. The Morgan fingerprint density at radius 3 is 2.58 bits per heavy atom. The van der Waals surface area contributed by atoms with Crippen molar-refractivity contribution in [3.05, 3.63) is 28.2 Å². The molecule has 24 heavy (non-hydrogen) atoms. The summed E-state index contributed by atoms with van der Waals surface area (Å²) in [6, 6.07) is 5.75. The number of carbonyl (C=O) groups is 1. The van der Waals surface area contributed by atoms with E-state index in [2.05, 4.69) is 20.9 Å². The summed E-state index contributed by atoms with van der Waals surface area (Å²) in [4.78, 5) is 17.6. The number of rotatable bonds is 3. The molecule has 1 atom stereocenters. The third-order valence-electron chi connectivity index (χ3n) is 5.22. The van der Waals surface area contributed by atoms with Gasteiger partial charge in [-0.2, -0.15) is 0 Å². The lowest BCUT2D eigenvalue weighted by Gasteiger charge is -2.44. The van der Waals surface area contributed by atoms with Crippen molar-refractivity contribution in [1.82, 2.24) is 0 Å². The number of Topliss-reactive ketones (excluding diaryl/α,β-unsaturated/α-hetero) is 1. The first kappa shape index (κ1) is 17.4. The van der Waals surface area contributed by atoms with Crippen LogP contribution in [0.1, 0.15) is 45.1 Å². The first-order chi connectivity index (χ1) is 11.3. The summed E-state index contributed by atoms with van der Waals surface area (Å²) in [5, 5.41) is 0. The van der Waals surface area contributed by atoms with Crippen LogP contribution in [0.25, 0.3) is 0 Å². The van der Waals surface area contributed by atoms with E-state index >= 15 is 0 Å². The molecular formula is C18H23BrN2O3. The Bertz CT molecular complexity index is 692. The standard InChI is InChI=1S/C18H23BrN2O3/c1-11(22)18(21-12(2)20)15-10-13(19)4-5-16(15)24-17(18)8-6-14(23-3)7-9-17/h4-5,10,14H,6-9H2,1-3H3,(H2,20,21). The number of hydrogen-bond acceptors (Lipinski definition) is 4. The summed E-state index contributed by atoms with van der Waals surface area (Å²) < 4.78 is 12.8. The highest BCUT2D eigenvalue weighted by molar-refractivity contribution is 9.10. The molecule has 1 heterocycles. The van der Waals surface area contributed by atoms with Crippen molar-refractivity contribution in [2.24, 2.45) is 10.7 Å². The lowest BCUT2D eigenvalue weighted by molar-refractivity contribution is -0.133. The predicted molar refractivity (Wildman–Crippen MR) is 96.4 cm³/mol. The molecule has 0 amide bonds. The van der Waals surface area contributed by atoms with E-state index in [-0.39, 0.29) is 11.9 Å². The Hall–Kier alpha value is -1.40. The number of ketones is 1. The topological polar surface area (TPSA) is 73.9 Å². The molecule has 1 aromatic carbocycles. The molecule has 0 radical (unpaired) electrons. The van der Waals surface area contributed by atoms with Crippen LogP contribution in [0.4, 0.5) is 0 Å². The highest BCUT2D eigenvalue weighted by atomic mass is 79.9. The van der Waals surface area contributed by atoms with Crippen molar-refractivity contribution >= 4 is 27.5 Å². The fourth-order valence-electron chi connectivity index (χ4n) is 4.18. The van der Waals surface area contributed by atoms with Gasteiger partial charge in [-0.05, 0) is 57.7 Å². The molecule has 0 aromatic heterocycles. The highest BCUT2D eigenvalue weighted by Gasteiger charge is 2.64. The van der Waals surface area contributed by atoms with E-state index in [0.29, 0.717) is 24.4 Å². The lowest BCUT2D eigenvalue weighted by atomic mass is 9.66. The summed E-state index contributed by atoms with van der Waals surface area (Å²) in [6.07, 6.45) is 3.27. The van der Waals surface area contributed by atoms with Gasteiger partial charge in [-0.3, -0.25) is 4.79 Å². The summed E-state index contributed by atoms with van der Waals surface area (Å²) in [6.45, 7) is 3.30. The summed E-state index contributed by atoms with van der Waals surface area (Å²) in [7, 11) is 1.73. The van der Waals surface area contributed by atoms with Gasteiger partial charge in [0.15, 0.2) is 11.3 Å². The number of hydrogen-bond donors (Lipinski definition) is 1. The average Bonchev–Trinajstić information content (AvgIpc) is 2.78. The summed E-state index contributed by atoms with van der Waals surface area (Å²) in [5.41, 5.74) is 4.95. The molecule has 1 fully saturated rings. The normalized spacial score (nSPS) is 32.5. The quantitative estimate of drug-likeness (QED) is 0.630. The number of benzene rings is 1. The fourth-order valence-corrected chi connectivity index (χ4v) is 4.54. The average molecular weight is 395 g/mol. The molecule has 0 bridgehead atoms. The molecule has 1 spiro atoms. The first-order valence-corrected chi connectivity index (χ1v) is 8.99. The number of ether oxygens (including phenoxy) is 2. The number of nitrogens with two attached hydrogens (primary N) is 1. The number of fused-ring (bicyclic) bond motifs is 1. The molecule has 1 unspecified atom stereocenters. The van der Waals surface area contributed by atoms with E-state index < -0.39 is 11.1 Å². The SMILES string of the molecule is COC1CCC2(CC1)Oc1ccc(Br)cc1C2(N=C(C)N)C(C)=O. The van der Waals surface area contributed by atoms with Gasteiger partial charge >= 0.3 is 0 Å². The third-order valence-corrected chi connectivity index (χ3v) is 5.72.